The van der Waals surface area contributed by atoms with Crippen molar-refractivity contribution < 1.29 is 29.3 Å². The van der Waals surface area contributed by atoms with Crippen LogP contribution >= 0.6 is 0 Å². The van der Waals surface area contributed by atoms with Gasteiger partial charge in [0.2, 0.25) is 0 Å². The van der Waals surface area contributed by atoms with Gasteiger partial charge in [-0.25, -0.2) is 0 Å². The van der Waals surface area contributed by atoms with Gasteiger partial charge in [0.1, 0.15) is 11.5 Å². The Balaban J connectivity index is 1.59. The molecule has 0 saturated carbocycles. The summed E-state index contributed by atoms with van der Waals surface area (Å²) in [5.74, 6) is -0.0686. The lowest BCUT2D eigenvalue weighted by Gasteiger charge is -2.28. The number of hydrogen-bond donors (Lipinski definition) is 3. The number of methoxy groups -OCH3 is 2. The van der Waals surface area contributed by atoms with Crippen molar-refractivity contribution in [2.45, 2.75) is 25.5 Å². The van der Waals surface area contributed by atoms with E-state index in [9.17, 15) is 14.7 Å². The third kappa shape index (κ3) is 5.27. The number of anilines is 2. The fourth-order valence-electron chi connectivity index (χ4n) is 4.60. The van der Waals surface area contributed by atoms with Gasteiger partial charge in [0.25, 0.3) is 11.8 Å². The number of aliphatic hydroxyl groups excluding tert-OH is 1. The van der Waals surface area contributed by atoms with E-state index in [2.05, 4.69) is 5.32 Å². The molecule has 198 valence electrons. The minimum atomic E-state index is -1.80. The van der Waals surface area contributed by atoms with Gasteiger partial charge in [-0.2, -0.15) is 0 Å². The van der Waals surface area contributed by atoms with Crippen LogP contribution in [0, 0.1) is 5.92 Å². The molecule has 0 aliphatic carbocycles. The van der Waals surface area contributed by atoms with E-state index in [1.54, 1.807) is 91.7 Å². The van der Waals surface area contributed by atoms with Gasteiger partial charge in [0.15, 0.2) is 5.60 Å². The van der Waals surface area contributed by atoms with E-state index in [4.69, 9.17) is 14.6 Å². The minimum Gasteiger partial charge on any atom is -0.497 e. The van der Waals surface area contributed by atoms with Crippen LogP contribution in [-0.4, -0.2) is 42.9 Å². The van der Waals surface area contributed by atoms with Crippen LogP contribution in [0.25, 0.3) is 0 Å². The van der Waals surface area contributed by atoms with Gasteiger partial charge >= 0.3 is 0 Å². The summed E-state index contributed by atoms with van der Waals surface area (Å²) in [5.41, 5.74) is 1.11. The van der Waals surface area contributed by atoms with Gasteiger partial charge in [-0.15, -0.1) is 0 Å². The number of fused-ring (bicyclic) bond motifs is 1. The molecule has 0 radical (unpaired) electrons. The number of amides is 2. The highest BCUT2D eigenvalue weighted by atomic mass is 16.5. The lowest BCUT2D eigenvalue weighted by molar-refractivity contribution is -0.139. The number of rotatable bonds is 10. The van der Waals surface area contributed by atoms with E-state index in [0.29, 0.717) is 40.4 Å². The Labute approximate surface area is 222 Å². The maximum absolute atomic E-state index is 13.7. The average molecular weight is 517 g/mol. The number of ether oxygens (including phenoxy) is 2. The smallest absolute Gasteiger partial charge is 0.264 e. The molecule has 0 spiro atoms. The first kappa shape index (κ1) is 26.9. The van der Waals surface area contributed by atoms with Crippen molar-refractivity contribution in [2.24, 2.45) is 5.92 Å². The Morgan fingerprint density at radius 3 is 2.45 bits per heavy atom. The molecule has 8 nitrogen and oxygen atoms in total. The Hall–Kier alpha value is -4.14. The third-order valence-electron chi connectivity index (χ3n) is 6.73. The highest BCUT2D eigenvalue weighted by Gasteiger charge is 2.52. The second kappa shape index (κ2) is 11.5. The molecule has 4 rings (SSSR count). The van der Waals surface area contributed by atoms with Crippen LogP contribution in [0.15, 0.2) is 78.9 Å². The predicted molar refractivity (Wildman–Crippen MR) is 145 cm³/mol. The Kier molecular flexibility index (Phi) is 8.14. The van der Waals surface area contributed by atoms with E-state index < -0.39 is 17.4 Å². The van der Waals surface area contributed by atoms with Gasteiger partial charge in [-0.3, -0.25) is 9.59 Å². The molecular weight excluding hydrogens is 484 g/mol. The molecular formula is C30H32N2O6. The zero-order valence-electron chi connectivity index (χ0n) is 21.7. The van der Waals surface area contributed by atoms with Crippen LogP contribution in [0.4, 0.5) is 11.4 Å². The van der Waals surface area contributed by atoms with Gasteiger partial charge < -0.3 is 29.9 Å². The predicted octanol–water partition coefficient (Wildman–Crippen LogP) is 4.27. The third-order valence-corrected chi connectivity index (χ3v) is 6.73. The first-order valence-corrected chi connectivity index (χ1v) is 12.4. The SMILES string of the molecule is COc1ccc(C(=O)Nc2cccc(CN3C(=O)[C@](O)([C@H](C)/C=C/CCO)c4cc(OC)ccc43)c2)cc1. The number of nitrogens with one attached hydrogen (secondary N) is 1. The quantitative estimate of drug-likeness (QED) is 0.348. The van der Waals surface area contributed by atoms with Crippen molar-refractivity contribution >= 4 is 23.2 Å². The molecule has 0 bridgehead atoms. The molecule has 0 unspecified atom stereocenters. The molecule has 0 fully saturated rings. The van der Waals surface area contributed by atoms with Crippen molar-refractivity contribution in [2.75, 3.05) is 31.0 Å². The molecule has 0 aromatic heterocycles. The molecule has 1 heterocycles. The van der Waals surface area contributed by atoms with Gasteiger partial charge in [0, 0.05) is 29.3 Å². The second-order valence-corrected chi connectivity index (χ2v) is 9.15. The van der Waals surface area contributed by atoms with Crippen LogP contribution in [0.2, 0.25) is 0 Å². The Morgan fingerprint density at radius 1 is 1.05 bits per heavy atom. The largest absolute Gasteiger partial charge is 0.497 e. The van der Waals surface area contributed by atoms with Crippen LogP contribution in [0.1, 0.15) is 34.8 Å². The van der Waals surface area contributed by atoms with E-state index in [0.717, 1.165) is 5.56 Å². The maximum Gasteiger partial charge on any atom is 0.264 e. The molecule has 8 heteroatoms. The van der Waals surface area contributed by atoms with Crippen molar-refractivity contribution in [1.82, 2.24) is 0 Å². The summed E-state index contributed by atoms with van der Waals surface area (Å²) in [6, 6.07) is 19.3. The Morgan fingerprint density at radius 2 is 1.76 bits per heavy atom. The van der Waals surface area contributed by atoms with Crippen molar-refractivity contribution in [3.8, 4) is 11.5 Å². The van der Waals surface area contributed by atoms with Crippen LogP contribution < -0.4 is 19.7 Å². The number of carbonyl (C=O) groups is 2. The molecule has 3 N–H and O–H groups in total. The highest BCUT2D eigenvalue weighted by Crippen LogP contribution is 2.47. The molecule has 3 aromatic carbocycles. The summed E-state index contributed by atoms with van der Waals surface area (Å²) in [7, 11) is 3.10. The highest BCUT2D eigenvalue weighted by molar-refractivity contribution is 6.07. The molecule has 38 heavy (non-hydrogen) atoms. The number of benzene rings is 3. The molecule has 1 aliphatic rings. The van der Waals surface area contributed by atoms with E-state index in [1.807, 2.05) is 6.07 Å². The maximum atomic E-state index is 13.7. The van der Waals surface area contributed by atoms with Crippen molar-refractivity contribution in [3.05, 3.63) is 95.6 Å². The van der Waals surface area contributed by atoms with Crippen LogP contribution in [-0.2, 0) is 16.9 Å². The second-order valence-electron chi connectivity index (χ2n) is 9.15. The fourth-order valence-corrected chi connectivity index (χ4v) is 4.60. The summed E-state index contributed by atoms with van der Waals surface area (Å²) >= 11 is 0. The Bertz CT molecular complexity index is 1340. The zero-order valence-corrected chi connectivity index (χ0v) is 21.7. The number of carbonyl (C=O) groups excluding carboxylic acids is 2. The summed E-state index contributed by atoms with van der Waals surface area (Å²) in [6.45, 7) is 1.95. The van der Waals surface area contributed by atoms with Gasteiger partial charge in [-0.05, 0) is 66.6 Å². The van der Waals surface area contributed by atoms with Crippen LogP contribution in [0.5, 0.6) is 11.5 Å². The molecule has 2 amide bonds. The van der Waals surface area contributed by atoms with Gasteiger partial charge in [0.05, 0.1) is 26.5 Å². The topological polar surface area (TPSA) is 108 Å². The summed E-state index contributed by atoms with van der Waals surface area (Å²) < 4.78 is 10.5. The summed E-state index contributed by atoms with van der Waals surface area (Å²) in [5, 5.41) is 23.8. The number of aliphatic hydroxyl groups is 2. The van der Waals surface area contributed by atoms with Gasteiger partial charge in [-0.1, -0.05) is 31.2 Å². The lowest BCUT2D eigenvalue weighted by atomic mass is 9.83. The van der Waals surface area contributed by atoms with Crippen molar-refractivity contribution in [3.63, 3.8) is 0 Å². The lowest BCUT2D eigenvalue weighted by Crippen LogP contribution is -2.44. The molecule has 2 atom stereocenters. The first-order valence-electron chi connectivity index (χ1n) is 12.4. The molecule has 1 aliphatic heterocycles. The standard InChI is InChI=1S/C30H32N2O6/c1-20(7-4-5-16-33)30(36)26-18-25(38-3)14-15-27(26)32(29(30)35)19-21-8-6-9-23(17-21)31-28(34)22-10-12-24(37-2)13-11-22/h4,6-15,17-18,20,33,36H,5,16,19H2,1-3H3,(H,31,34)/b7-4+/t20-,30+/m1/s1. The molecule has 0 saturated heterocycles. The van der Waals surface area contributed by atoms with E-state index in [1.165, 1.54) is 7.11 Å². The summed E-state index contributed by atoms with van der Waals surface area (Å²) in [6.07, 6.45) is 3.93. The zero-order chi connectivity index (χ0) is 27.3. The number of nitrogens with zero attached hydrogens (tertiary/aromatic N) is 1. The normalized spacial score (nSPS) is 17.4. The average Bonchev–Trinajstić information content (AvgIpc) is 3.15. The first-order chi connectivity index (χ1) is 18.3. The van der Waals surface area contributed by atoms with Crippen molar-refractivity contribution in [1.29, 1.82) is 0 Å². The minimum absolute atomic E-state index is 0.0164. The van der Waals surface area contributed by atoms with Crippen LogP contribution in [0.3, 0.4) is 0 Å². The van der Waals surface area contributed by atoms with E-state index in [-0.39, 0.29) is 19.1 Å². The van der Waals surface area contributed by atoms with E-state index >= 15 is 0 Å². The summed E-state index contributed by atoms with van der Waals surface area (Å²) in [4.78, 5) is 28.0. The fraction of sp³-hybridized carbons (Fsp3) is 0.267. The molecule has 3 aromatic rings. The monoisotopic (exact) mass is 516 g/mol. The number of hydrogen-bond acceptors (Lipinski definition) is 6.